The maximum atomic E-state index is 12.8. The number of hydrogen-bond acceptors (Lipinski definition) is 6. The fourth-order valence-electron chi connectivity index (χ4n) is 3.28. The molecule has 0 saturated heterocycles. The standard InChI is InChI=1S/C25H29N5O3S/c1-5-15-30-23(22(17(2)3)27-24(32)18-9-7-6-8-10-18)28-29-25(30)34-16-21(31)26-19-11-13-20(33-4)14-12-19/h5-14,17,22H,1,15-16H2,2-4H3,(H,26,31)(H,27,32)/t22-/m0/s1. The van der Waals surface area contributed by atoms with Gasteiger partial charge in [-0.2, -0.15) is 0 Å². The molecule has 1 atom stereocenters. The van der Waals surface area contributed by atoms with E-state index >= 15 is 0 Å². The summed E-state index contributed by atoms with van der Waals surface area (Å²) in [6, 6.07) is 15.8. The quantitative estimate of drug-likeness (QED) is 0.314. The Kier molecular flexibility index (Phi) is 8.86. The Balaban J connectivity index is 1.72. The number of nitrogens with zero attached hydrogens (tertiary/aromatic N) is 3. The molecule has 0 saturated carbocycles. The molecule has 3 aromatic rings. The molecule has 0 aliphatic carbocycles. The molecule has 2 N–H and O–H groups in total. The molecule has 1 heterocycles. The van der Waals surface area contributed by atoms with Crippen molar-refractivity contribution in [2.24, 2.45) is 5.92 Å². The average Bonchev–Trinajstić information content (AvgIpc) is 3.24. The van der Waals surface area contributed by atoms with E-state index in [9.17, 15) is 9.59 Å². The summed E-state index contributed by atoms with van der Waals surface area (Å²) in [5.41, 5.74) is 1.26. The molecule has 0 radical (unpaired) electrons. The molecule has 8 nitrogen and oxygen atoms in total. The van der Waals surface area contributed by atoms with Crippen molar-refractivity contribution in [3.8, 4) is 5.75 Å². The fourth-order valence-corrected chi connectivity index (χ4v) is 4.04. The molecule has 34 heavy (non-hydrogen) atoms. The molecule has 0 aliphatic rings. The van der Waals surface area contributed by atoms with E-state index in [2.05, 4.69) is 27.4 Å². The number of nitrogens with one attached hydrogen (secondary N) is 2. The van der Waals surface area contributed by atoms with E-state index < -0.39 is 0 Å². The van der Waals surface area contributed by atoms with Crippen LogP contribution in [0, 0.1) is 5.92 Å². The molecule has 3 rings (SSSR count). The van der Waals surface area contributed by atoms with Crippen LogP contribution in [0.2, 0.25) is 0 Å². The highest BCUT2D eigenvalue weighted by Crippen LogP contribution is 2.26. The van der Waals surface area contributed by atoms with Crippen molar-refractivity contribution < 1.29 is 14.3 Å². The smallest absolute Gasteiger partial charge is 0.251 e. The molecule has 1 aromatic heterocycles. The minimum Gasteiger partial charge on any atom is -0.497 e. The van der Waals surface area contributed by atoms with Gasteiger partial charge in [-0.25, -0.2) is 0 Å². The van der Waals surface area contributed by atoms with E-state index in [-0.39, 0.29) is 29.5 Å². The Morgan fingerprint density at radius 2 is 1.82 bits per heavy atom. The van der Waals surface area contributed by atoms with Crippen molar-refractivity contribution in [1.29, 1.82) is 0 Å². The van der Waals surface area contributed by atoms with Crippen LogP contribution in [-0.4, -0.2) is 39.4 Å². The van der Waals surface area contributed by atoms with Crippen LogP contribution < -0.4 is 15.4 Å². The number of benzene rings is 2. The van der Waals surface area contributed by atoms with Gasteiger partial charge in [-0.1, -0.05) is 49.9 Å². The Morgan fingerprint density at radius 1 is 1.12 bits per heavy atom. The maximum absolute atomic E-state index is 12.8. The van der Waals surface area contributed by atoms with E-state index in [1.807, 2.05) is 36.6 Å². The number of anilines is 1. The van der Waals surface area contributed by atoms with Gasteiger partial charge in [-0.05, 0) is 42.3 Å². The second kappa shape index (κ2) is 12.0. The summed E-state index contributed by atoms with van der Waals surface area (Å²) in [6.07, 6.45) is 1.74. The van der Waals surface area contributed by atoms with Crippen LogP contribution in [0.1, 0.15) is 36.1 Å². The largest absolute Gasteiger partial charge is 0.497 e. The summed E-state index contributed by atoms with van der Waals surface area (Å²) in [5.74, 6) is 1.22. The summed E-state index contributed by atoms with van der Waals surface area (Å²) in [5, 5.41) is 15.2. The first-order valence-electron chi connectivity index (χ1n) is 10.9. The summed E-state index contributed by atoms with van der Waals surface area (Å²) in [7, 11) is 1.59. The van der Waals surface area contributed by atoms with Crippen LogP contribution in [0.4, 0.5) is 5.69 Å². The predicted octanol–water partition coefficient (Wildman–Crippen LogP) is 4.33. The maximum Gasteiger partial charge on any atom is 0.251 e. The Bertz CT molecular complexity index is 1110. The predicted molar refractivity (Wildman–Crippen MR) is 134 cm³/mol. The second-order valence-corrected chi connectivity index (χ2v) is 8.81. The lowest BCUT2D eigenvalue weighted by Crippen LogP contribution is -2.33. The number of carbonyl (C=O) groups is 2. The van der Waals surface area contributed by atoms with Gasteiger partial charge in [-0.15, -0.1) is 16.8 Å². The van der Waals surface area contributed by atoms with Gasteiger partial charge in [0, 0.05) is 17.8 Å². The lowest BCUT2D eigenvalue weighted by Gasteiger charge is -2.22. The first-order valence-corrected chi connectivity index (χ1v) is 11.9. The third-order valence-corrected chi connectivity index (χ3v) is 6.00. The van der Waals surface area contributed by atoms with Crippen LogP contribution in [0.25, 0.3) is 0 Å². The Morgan fingerprint density at radius 3 is 2.44 bits per heavy atom. The van der Waals surface area contributed by atoms with Gasteiger partial charge >= 0.3 is 0 Å². The van der Waals surface area contributed by atoms with Crippen LogP contribution in [0.3, 0.4) is 0 Å². The zero-order valence-corrected chi connectivity index (χ0v) is 20.3. The van der Waals surface area contributed by atoms with E-state index in [0.29, 0.717) is 28.8 Å². The molecule has 0 spiro atoms. The molecule has 0 unspecified atom stereocenters. The minimum absolute atomic E-state index is 0.0663. The molecule has 2 aromatic carbocycles. The Labute approximate surface area is 203 Å². The van der Waals surface area contributed by atoms with Gasteiger partial charge in [0.15, 0.2) is 11.0 Å². The monoisotopic (exact) mass is 479 g/mol. The number of allylic oxidation sites excluding steroid dienone is 1. The van der Waals surface area contributed by atoms with Crippen molar-refractivity contribution in [1.82, 2.24) is 20.1 Å². The molecular formula is C25H29N5O3S. The van der Waals surface area contributed by atoms with Crippen molar-refractivity contribution in [3.63, 3.8) is 0 Å². The SMILES string of the molecule is C=CCn1c(SCC(=O)Nc2ccc(OC)cc2)nnc1[C@@H](NC(=O)c1ccccc1)C(C)C. The number of thioether (sulfide) groups is 1. The molecule has 9 heteroatoms. The van der Waals surface area contributed by atoms with Crippen molar-refractivity contribution in [3.05, 3.63) is 78.6 Å². The second-order valence-electron chi connectivity index (χ2n) is 7.87. The molecule has 178 valence electrons. The van der Waals surface area contributed by atoms with Crippen LogP contribution in [0.15, 0.2) is 72.4 Å². The molecular weight excluding hydrogens is 450 g/mol. The van der Waals surface area contributed by atoms with Gasteiger partial charge in [0.05, 0.1) is 18.9 Å². The van der Waals surface area contributed by atoms with Crippen LogP contribution in [-0.2, 0) is 11.3 Å². The van der Waals surface area contributed by atoms with Crippen molar-refractivity contribution >= 4 is 29.3 Å². The van der Waals surface area contributed by atoms with E-state index in [1.54, 1.807) is 49.6 Å². The Hall–Kier alpha value is -3.59. The van der Waals surface area contributed by atoms with Crippen molar-refractivity contribution in [2.75, 3.05) is 18.2 Å². The molecule has 2 amide bonds. The number of methoxy groups -OCH3 is 1. The summed E-state index contributed by atoms with van der Waals surface area (Å²) in [4.78, 5) is 25.2. The fraction of sp³-hybridized carbons (Fsp3) is 0.280. The van der Waals surface area contributed by atoms with Crippen LogP contribution in [0.5, 0.6) is 5.75 Å². The zero-order valence-electron chi connectivity index (χ0n) is 19.5. The van der Waals surface area contributed by atoms with Gasteiger partial charge in [0.1, 0.15) is 5.75 Å². The number of aromatic nitrogens is 3. The number of amides is 2. The normalized spacial score (nSPS) is 11.6. The number of ether oxygens (including phenoxy) is 1. The van der Waals surface area contributed by atoms with Gasteiger partial charge in [0.25, 0.3) is 5.91 Å². The average molecular weight is 480 g/mol. The minimum atomic E-state index is -0.359. The number of rotatable bonds is 11. The van der Waals surface area contributed by atoms with Gasteiger partial charge in [-0.3, -0.25) is 9.59 Å². The molecule has 0 fully saturated rings. The van der Waals surface area contributed by atoms with Crippen molar-refractivity contribution in [2.45, 2.75) is 31.6 Å². The third kappa shape index (κ3) is 6.48. The summed E-state index contributed by atoms with van der Waals surface area (Å²) in [6.45, 7) is 8.31. The van der Waals surface area contributed by atoms with E-state index in [0.717, 1.165) is 5.75 Å². The summed E-state index contributed by atoms with van der Waals surface area (Å²) >= 11 is 1.28. The number of carbonyl (C=O) groups excluding carboxylic acids is 2. The van der Waals surface area contributed by atoms with Crippen LogP contribution >= 0.6 is 11.8 Å². The molecule has 0 aliphatic heterocycles. The highest BCUT2D eigenvalue weighted by molar-refractivity contribution is 7.99. The molecule has 0 bridgehead atoms. The first-order chi connectivity index (χ1) is 16.4. The topological polar surface area (TPSA) is 98.1 Å². The van der Waals surface area contributed by atoms with Gasteiger partial charge in [0.2, 0.25) is 5.91 Å². The van der Waals surface area contributed by atoms with E-state index in [1.165, 1.54) is 11.8 Å². The highest BCUT2D eigenvalue weighted by atomic mass is 32.2. The van der Waals surface area contributed by atoms with E-state index in [4.69, 9.17) is 4.74 Å². The highest BCUT2D eigenvalue weighted by Gasteiger charge is 2.26. The lowest BCUT2D eigenvalue weighted by molar-refractivity contribution is -0.113. The number of hydrogen-bond donors (Lipinski definition) is 2. The third-order valence-electron chi connectivity index (χ3n) is 5.03. The first kappa shape index (κ1) is 25.0. The zero-order chi connectivity index (χ0) is 24.5. The lowest BCUT2D eigenvalue weighted by atomic mass is 10.0. The van der Waals surface area contributed by atoms with Gasteiger partial charge < -0.3 is 19.9 Å². The summed E-state index contributed by atoms with van der Waals surface area (Å²) < 4.78 is 7.02.